The van der Waals surface area contributed by atoms with Crippen molar-refractivity contribution in [3.05, 3.63) is 23.8 Å². The number of hydrogen-bond donors (Lipinski definition) is 2. The Balaban J connectivity index is 2.38. The van der Waals surface area contributed by atoms with Crippen LogP contribution in [0.15, 0.2) is 18.2 Å². The Bertz CT molecular complexity index is 917. The van der Waals surface area contributed by atoms with Crippen LogP contribution in [0, 0.1) is 11.8 Å². The SMILES string of the molecule is COc1cc(-c2c([C@@H]3O[C@H](O)[C@@H](C)[C@H]3C)cc(OC)c(OC)c2OC)cc(OC)c1O. The molecule has 1 heterocycles. The van der Waals surface area contributed by atoms with E-state index >= 15 is 0 Å². The van der Waals surface area contributed by atoms with E-state index in [0.717, 1.165) is 5.56 Å². The Kier molecular flexibility index (Phi) is 6.71. The molecule has 0 radical (unpaired) electrons. The van der Waals surface area contributed by atoms with Gasteiger partial charge in [-0.1, -0.05) is 13.8 Å². The van der Waals surface area contributed by atoms with Crippen LogP contribution in [0.4, 0.5) is 0 Å². The summed E-state index contributed by atoms with van der Waals surface area (Å²) < 4.78 is 33.5. The van der Waals surface area contributed by atoms with Gasteiger partial charge in [0.2, 0.25) is 11.5 Å². The summed E-state index contributed by atoms with van der Waals surface area (Å²) in [6, 6.07) is 5.20. The molecule has 0 spiro atoms. The molecular weight excluding hydrogens is 404 g/mol. The fourth-order valence-electron chi connectivity index (χ4n) is 4.03. The van der Waals surface area contributed by atoms with Crippen molar-refractivity contribution >= 4 is 0 Å². The third kappa shape index (κ3) is 3.81. The summed E-state index contributed by atoms with van der Waals surface area (Å²) in [5, 5.41) is 20.7. The van der Waals surface area contributed by atoms with Crippen LogP contribution in [0.5, 0.6) is 34.5 Å². The first-order valence-electron chi connectivity index (χ1n) is 9.94. The highest BCUT2D eigenvalue weighted by Crippen LogP contribution is 2.54. The maximum absolute atomic E-state index is 10.4. The summed E-state index contributed by atoms with van der Waals surface area (Å²) in [5.41, 5.74) is 2.07. The van der Waals surface area contributed by atoms with Gasteiger partial charge in [0.15, 0.2) is 29.3 Å². The van der Waals surface area contributed by atoms with E-state index in [9.17, 15) is 10.2 Å². The zero-order valence-corrected chi connectivity index (χ0v) is 18.9. The van der Waals surface area contributed by atoms with Gasteiger partial charge in [-0.15, -0.1) is 0 Å². The van der Waals surface area contributed by atoms with Crippen LogP contribution in [0.3, 0.4) is 0 Å². The van der Waals surface area contributed by atoms with E-state index in [2.05, 4.69) is 0 Å². The van der Waals surface area contributed by atoms with Crippen molar-refractivity contribution in [2.24, 2.45) is 11.8 Å². The molecule has 0 bridgehead atoms. The standard InChI is InChI=1S/C23H30O8/c1-11-12(2)23(25)31-20(11)14-10-17(28-5)21(29-6)22(30-7)18(14)13-8-15(26-3)19(24)16(9-13)27-4/h8-12,20,23-25H,1-7H3/t11-,12+,20-,23+/m1/s1. The molecule has 1 fully saturated rings. The van der Waals surface area contributed by atoms with Gasteiger partial charge >= 0.3 is 0 Å². The number of aliphatic hydroxyl groups is 1. The first-order valence-corrected chi connectivity index (χ1v) is 9.94. The smallest absolute Gasteiger partial charge is 0.203 e. The largest absolute Gasteiger partial charge is 0.502 e. The zero-order chi connectivity index (χ0) is 22.9. The molecule has 2 aromatic rings. The molecule has 0 unspecified atom stereocenters. The molecule has 1 saturated heterocycles. The number of hydrogen-bond acceptors (Lipinski definition) is 8. The minimum absolute atomic E-state index is 0.0115. The molecule has 1 aliphatic rings. The molecule has 2 N–H and O–H groups in total. The van der Waals surface area contributed by atoms with Crippen molar-refractivity contribution in [3.8, 4) is 45.6 Å². The van der Waals surface area contributed by atoms with E-state index in [1.54, 1.807) is 19.2 Å². The van der Waals surface area contributed by atoms with Crippen molar-refractivity contribution in [2.45, 2.75) is 26.2 Å². The fraction of sp³-hybridized carbons (Fsp3) is 0.478. The average molecular weight is 434 g/mol. The lowest BCUT2D eigenvalue weighted by atomic mass is 9.85. The van der Waals surface area contributed by atoms with Crippen molar-refractivity contribution in [1.82, 2.24) is 0 Å². The molecule has 1 aliphatic heterocycles. The summed E-state index contributed by atoms with van der Waals surface area (Å²) in [4.78, 5) is 0. The van der Waals surface area contributed by atoms with Crippen molar-refractivity contribution in [2.75, 3.05) is 35.5 Å². The van der Waals surface area contributed by atoms with E-state index in [1.807, 2.05) is 19.9 Å². The second-order valence-electron chi connectivity index (χ2n) is 7.50. The van der Waals surface area contributed by atoms with Gasteiger partial charge in [-0.3, -0.25) is 0 Å². The number of phenolic OH excluding ortho intramolecular Hbond substituents is 1. The second-order valence-corrected chi connectivity index (χ2v) is 7.50. The highest BCUT2D eigenvalue weighted by molar-refractivity contribution is 5.82. The second kappa shape index (κ2) is 9.11. The number of aromatic hydroxyl groups is 1. The summed E-state index contributed by atoms with van der Waals surface area (Å²) in [5.74, 6) is 1.63. The molecule has 4 atom stereocenters. The molecule has 31 heavy (non-hydrogen) atoms. The van der Waals surface area contributed by atoms with Gasteiger partial charge in [0.05, 0.1) is 41.7 Å². The molecule has 0 aromatic heterocycles. The third-order valence-electron chi connectivity index (χ3n) is 5.98. The monoisotopic (exact) mass is 434 g/mol. The predicted octanol–water partition coefficient (Wildman–Crippen LogP) is 3.76. The van der Waals surface area contributed by atoms with Crippen LogP contribution in [0.2, 0.25) is 0 Å². The number of methoxy groups -OCH3 is 5. The van der Waals surface area contributed by atoms with Crippen molar-refractivity contribution in [3.63, 3.8) is 0 Å². The van der Waals surface area contributed by atoms with Crippen molar-refractivity contribution < 1.29 is 38.6 Å². The van der Waals surface area contributed by atoms with E-state index in [4.69, 9.17) is 28.4 Å². The predicted molar refractivity (Wildman–Crippen MR) is 114 cm³/mol. The fourth-order valence-corrected chi connectivity index (χ4v) is 4.03. The Hall–Kier alpha value is -2.84. The maximum Gasteiger partial charge on any atom is 0.203 e. The molecule has 2 aromatic carbocycles. The quantitative estimate of drug-likeness (QED) is 0.680. The van der Waals surface area contributed by atoms with Gasteiger partial charge in [0, 0.05) is 11.5 Å². The Morgan fingerprint density at radius 1 is 0.742 bits per heavy atom. The summed E-state index contributed by atoms with van der Waals surface area (Å²) in [7, 11) is 7.54. The first-order chi connectivity index (χ1) is 14.8. The van der Waals surface area contributed by atoms with Crippen LogP contribution < -0.4 is 23.7 Å². The van der Waals surface area contributed by atoms with Gasteiger partial charge in [0.25, 0.3) is 0 Å². The van der Waals surface area contributed by atoms with Gasteiger partial charge < -0.3 is 38.6 Å². The number of benzene rings is 2. The number of phenols is 1. The van der Waals surface area contributed by atoms with Crippen LogP contribution >= 0.6 is 0 Å². The van der Waals surface area contributed by atoms with Crippen LogP contribution in [0.25, 0.3) is 11.1 Å². The number of ether oxygens (including phenoxy) is 6. The van der Waals surface area contributed by atoms with Gasteiger partial charge in [-0.05, 0) is 35.2 Å². The molecular formula is C23H30O8. The molecule has 170 valence electrons. The maximum atomic E-state index is 10.4. The summed E-state index contributed by atoms with van der Waals surface area (Å²) in [6.45, 7) is 3.97. The molecule has 8 heteroatoms. The topological polar surface area (TPSA) is 95.8 Å². The van der Waals surface area contributed by atoms with E-state index < -0.39 is 12.4 Å². The summed E-state index contributed by atoms with van der Waals surface area (Å²) >= 11 is 0. The van der Waals surface area contributed by atoms with E-state index in [-0.39, 0.29) is 29.1 Å². The number of aliphatic hydroxyl groups excluding tert-OH is 1. The molecule has 0 saturated carbocycles. The van der Waals surface area contributed by atoms with E-state index in [1.165, 1.54) is 28.4 Å². The zero-order valence-electron chi connectivity index (χ0n) is 18.9. The number of rotatable bonds is 7. The van der Waals surface area contributed by atoms with Crippen LogP contribution in [-0.4, -0.2) is 52.1 Å². The normalized spacial score (nSPS) is 22.8. The minimum atomic E-state index is -0.893. The van der Waals surface area contributed by atoms with Gasteiger partial charge in [-0.2, -0.15) is 0 Å². The highest BCUT2D eigenvalue weighted by Gasteiger charge is 2.41. The Morgan fingerprint density at radius 3 is 1.71 bits per heavy atom. The lowest BCUT2D eigenvalue weighted by molar-refractivity contribution is -0.107. The van der Waals surface area contributed by atoms with Gasteiger partial charge in [-0.25, -0.2) is 0 Å². The van der Waals surface area contributed by atoms with Crippen molar-refractivity contribution in [1.29, 1.82) is 0 Å². The lowest BCUT2D eigenvalue weighted by Crippen LogP contribution is -2.14. The minimum Gasteiger partial charge on any atom is -0.502 e. The highest BCUT2D eigenvalue weighted by atomic mass is 16.6. The average Bonchev–Trinajstić information content (AvgIpc) is 3.04. The van der Waals surface area contributed by atoms with E-state index in [0.29, 0.717) is 28.4 Å². The lowest BCUT2D eigenvalue weighted by Gasteiger charge is -2.25. The van der Waals surface area contributed by atoms with Crippen LogP contribution in [-0.2, 0) is 4.74 Å². The first kappa shape index (κ1) is 22.8. The molecule has 0 amide bonds. The molecule has 0 aliphatic carbocycles. The van der Waals surface area contributed by atoms with Gasteiger partial charge in [0.1, 0.15) is 0 Å². The third-order valence-corrected chi connectivity index (χ3v) is 5.98. The Morgan fingerprint density at radius 2 is 1.29 bits per heavy atom. The Labute approximate surface area is 182 Å². The van der Waals surface area contributed by atoms with Crippen LogP contribution in [0.1, 0.15) is 25.5 Å². The molecule has 3 rings (SSSR count). The molecule has 8 nitrogen and oxygen atoms in total. The summed E-state index contributed by atoms with van der Waals surface area (Å²) in [6.07, 6.45) is -1.32.